The second kappa shape index (κ2) is 8.37. The number of phenols is 1. The van der Waals surface area contributed by atoms with Gasteiger partial charge in [0.1, 0.15) is 11.4 Å². The van der Waals surface area contributed by atoms with Gasteiger partial charge in [0.05, 0.1) is 6.42 Å². The average Bonchev–Trinajstić information content (AvgIpc) is 2.57. The van der Waals surface area contributed by atoms with E-state index in [9.17, 15) is 14.7 Å². The Bertz CT molecular complexity index is 868. The molecule has 7 nitrogen and oxygen atoms in total. The maximum atomic E-state index is 12.5. The number of rotatable bonds is 7. The summed E-state index contributed by atoms with van der Waals surface area (Å²) in [6.45, 7) is 4.20. The van der Waals surface area contributed by atoms with E-state index in [4.69, 9.17) is 23.1 Å². The molecule has 0 aliphatic rings. The molecule has 0 bridgehead atoms. The van der Waals surface area contributed by atoms with Crippen LogP contribution in [0.15, 0.2) is 30.5 Å². The number of primary amides is 1. The van der Waals surface area contributed by atoms with Gasteiger partial charge >= 0.3 is 0 Å². The van der Waals surface area contributed by atoms with Gasteiger partial charge in [-0.05, 0) is 42.6 Å². The van der Waals surface area contributed by atoms with E-state index in [0.717, 1.165) is 0 Å². The van der Waals surface area contributed by atoms with E-state index in [1.54, 1.807) is 6.07 Å². The van der Waals surface area contributed by atoms with Crippen LogP contribution in [-0.4, -0.2) is 28.4 Å². The number of phenolic OH excluding ortho intramolecular Hbond substituents is 1. The molecule has 0 radical (unpaired) electrons. The molecule has 1 aromatic carbocycles. The van der Waals surface area contributed by atoms with E-state index >= 15 is 0 Å². The van der Waals surface area contributed by atoms with Crippen LogP contribution in [0, 0.1) is 0 Å². The van der Waals surface area contributed by atoms with Crippen molar-refractivity contribution < 1.29 is 14.7 Å². The number of carbonyl (C=O) groups is 2. The first-order valence-corrected chi connectivity index (χ1v) is 8.80. The predicted molar refractivity (Wildman–Crippen MR) is 105 cm³/mol. The first-order valence-electron chi connectivity index (χ1n) is 8.42. The number of hydrogen-bond donors (Lipinski definition) is 4. The summed E-state index contributed by atoms with van der Waals surface area (Å²) in [7, 11) is 0. The van der Waals surface area contributed by atoms with Gasteiger partial charge in [-0.2, -0.15) is 0 Å². The van der Waals surface area contributed by atoms with Crippen LogP contribution in [0.3, 0.4) is 0 Å². The number of aromatic hydroxyl groups is 1. The lowest BCUT2D eigenvalue weighted by molar-refractivity contribution is -0.115. The number of pyridine rings is 1. The van der Waals surface area contributed by atoms with Crippen LogP contribution in [0.4, 0.5) is 5.69 Å². The number of nitrogens with one attached hydrogen (secondary N) is 1. The zero-order valence-corrected chi connectivity index (χ0v) is 16.0. The molecule has 1 aromatic heterocycles. The molecule has 6 N–H and O–H groups in total. The fourth-order valence-corrected chi connectivity index (χ4v) is 3.18. The van der Waals surface area contributed by atoms with Gasteiger partial charge < -0.3 is 21.9 Å². The van der Waals surface area contributed by atoms with Gasteiger partial charge in [-0.15, -0.1) is 0 Å². The van der Waals surface area contributed by atoms with E-state index in [-0.39, 0.29) is 23.8 Å². The Hall–Kier alpha value is -2.64. The Kier molecular flexibility index (Phi) is 6.41. The highest BCUT2D eigenvalue weighted by Crippen LogP contribution is 2.34. The van der Waals surface area contributed by atoms with Crippen molar-refractivity contribution in [1.82, 2.24) is 4.98 Å². The van der Waals surface area contributed by atoms with Crippen molar-refractivity contribution in [3.05, 3.63) is 52.3 Å². The van der Waals surface area contributed by atoms with Crippen molar-refractivity contribution in [2.24, 2.45) is 11.5 Å². The molecule has 0 fully saturated rings. The maximum Gasteiger partial charge on any atom is 0.267 e. The Morgan fingerprint density at radius 1 is 1.30 bits per heavy atom. The molecule has 2 amide bonds. The normalized spacial score (nSPS) is 11.3. The van der Waals surface area contributed by atoms with Crippen LogP contribution in [0.25, 0.3) is 0 Å². The quantitative estimate of drug-likeness (QED) is 0.576. The molecule has 0 atom stereocenters. The van der Waals surface area contributed by atoms with Crippen molar-refractivity contribution >= 4 is 29.1 Å². The summed E-state index contributed by atoms with van der Waals surface area (Å²) in [5.41, 5.74) is 12.1. The van der Waals surface area contributed by atoms with Crippen molar-refractivity contribution in [3.8, 4) is 5.75 Å². The minimum Gasteiger partial charge on any atom is -0.508 e. The summed E-state index contributed by atoms with van der Waals surface area (Å²) in [4.78, 5) is 28.5. The third kappa shape index (κ3) is 4.96. The molecular weight excluding hydrogens is 368 g/mol. The van der Waals surface area contributed by atoms with Crippen LogP contribution >= 0.6 is 11.6 Å². The monoisotopic (exact) mass is 390 g/mol. The number of amides is 2. The van der Waals surface area contributed by atoms with E-state index in [2.05, 4.69) is 10.3 Å². The van der Waals surface area contributed by atoms with Crippen molar-refractivity contribution in [2.45, 2.75) is 32.1 Å². The fraction of sp³-hybridized carbons (Fsp3) is 0.316. The average molecular weight is 391 g/mol. The second-order valence-electron chi connectivity index (χ2n) is 6.87. The van der Waals surface area contributed by atoms with Gasteiger partial charge in [-0.3, -0.25) is 14.6 Å². The largest absolute Gasteiger partial charge is 0.508 e. The lowest BCUT2D eigenvalue weighted by Crippen LogP contribution is -2.30. The molecule has 0 saturated heterocycles. The van der Waals surface area contributed by atoms with Crippen LogP contribution in [0.1, 0.15) is 41.9 Å². The number of halogens is 1. The summed E-state index contributed by atoms with van der Waals surface area (Å²) in [6, 6.07) is 6.10. The molecule has 2 rings (SSSR count). The molecule has 0 spiro atoms. The maximum absolute atomic E-state index is 12.5. The summed E-state index contributed by atoms with van der Waals surface area (Å²) in [5, 5.41) is 13.1. The molecule has 144 valence electrons. The van der Waals surface area contributed by atoms with Crippen LogP contribution in [-0.2, 0) is 16.6 Å². The Labute approximate surface area is 162 Å². The lowest BCUT2D eigenvalue weighted by atomic mass is 9.79. The third-order valence-corrected chi connectivity index (χ3v) is 4.53. The summed E-state index contributed by atoms with van der Waals surface area (Å²) in [6.07, 6.45) is 1.89. The summed E-state index contributed by atoms with van der Waals surface area (Å²) in [5.74, 6) is -1.08. The zero-order chi connectivity index (χ0) is 20.2. The Balaban J connectivity index is 2.38. The molecule has 8 heteroatoms. The SMILES string of the molecule is CC(C)(CCN)c1c(NC(=O)Cc2cc(Cl)ccc2O)ccnc1C(N)=O. The van der Waals surface area contributed by atoms with E-state index in [0.29, 0.717) is 34.8 Å². The van der Waals surface area contributed by atoms with E-state index < -0.39 is 11.3 Å². The van der Waals surface area contributed by atoms with Crippen molar-refractivity contribution in [1.29, 1.82) is 0 Å². The number of benzene rings is 1. The van der Waals surface area contributed by atoms with E-state index in [1.165, 1.54) is 24.4 Å². The topological polar surface area (TPSA) is 131 Å². The smallest absolute Gasteiger partial charge is 0.267 e. The van der Waals surface area contributed by atoms with Crippen molar-refractivity contribution in [2.75, 3.05) is 11.9 Å². The zero-order valence-electron chi connectivity index (χ0n) is 15.3. The first-order chi connectivity index (χ1) is 12.7. The standard InChI is InChI=1S/C19H23ClN4O3/c1-19(2,6-7-21)16-13(5-8-23-17(16)18(22)27)24-15(26)10-11-9-12(20)3-4-14(11)25/h3-5,8-9,25H,6-7,10,21H2,1-2H3,(H2,22,27)(H,23,24,26). The van der Waals surface area contributed by atoms with Gasteiger partial charge in [0, 0.05) is 28.0 Å². The minimum atomic E-state index is -0.682. The molecule has 0 aliphatic heterocycles. The van der Waals surface area contributed by atoms with Crippen molar-refractivity contribution in [3.63, 3.8) is 0 Å². The van der Waals surface area contributed by atoms with Crippen LogP contribution in [0.5, 0.6) is 5.75 Å². The molecule has 0 aliphatic carbocycles. The van der Waals surface area contributed by atoms with Gasteiger partial charge in [-0.1, -0.05) is 25.4 Å². The molecule has 0 saturated carbocycles. The van der Waals surface area contributed by atoms with Gasteiger partial charge in [0.15, 0.2) is 0 Å². The van der Waals surface area contributed by atoms with Gasteiger partial charge in [0.25, 0.3) is 5.91 Å². The molecule has 1 heterocycles. The number of hydrogen-bond acceptors (Lipinski definition) is 5. The minimum absolute atomic E-state index is 0.0224. The molecule has 0 unspecified atom stereocenters. The second-order valence-corrected chi connectivity index (χ2v) is 7.30. The van der Waals surface area contributed by atoms with Crippen LogP contribution in [0.2, 0.25) is 5.02 Å². The molecular formula is C19H23ClN4O3. The van der Waals surface area contributed by atoms with Crippen LogP contribution < -0.4 is 16.8 Å². The molecule has 27 heavy (non-hydrogen) atoms. The fourth-order valence-electron chi connectivity index (χ4n) is 2.99. The molecule has 2 aromatic rings. The summed E-state index contributed by atoms with van der Waals surface area (Å²) >= 11 is 5.92. The van der Waals surface area contributed by atoms with E-state index in [1.807, 2.05) is 13.8 Å². The number of nitrogens with zero attached hydrogens (tertiary/aromatic N) is 1. The number of anilines is 1. The van der Waals surface area contributed by atoms with Gasteiger partial charge in [-0.25, -0.2) is 0 Å². The highest BCUT2D eigenvalue weighted by Gasteiger charge is 2.29. The Morgan fingerprint density at radius 3 is 2.63 bits per heavy atom. The number of aromatic nitrogens is 1. The lowest BCUT2D eigenvalue weighted by Gasteiger charge is -2.28. The Morgan fingerprint density at radius 2 is 2.00 bits per heavy atom. The highest BCUT2D eigenvalue weighted by molar-refractivity contribution is 6.30. The third-order valence-electron chi connectivity index (χ3n) is 4.30. The highest BCUT2D eigenvalue weighted by atomic mass is 35.5. The number of carbonyl (C=O) groups excluding carboxylic acids is 2. The van der Waals surface area contributed by atoms with Gasteiger partial charge in [0.2, 0.25) is 5.91 Å². The predicted octanol–water partition coefficient (Wildman–Crippen LogP) is 2.35. The number of nitrogens with two attached hydrogens (primary N) is 2. The first kappa shape index (κ1) is 20.7. The summed E-state index contributed by atoms with van der Waals surface area (Å²) < 4.78 is 0.